The van der Waals surface area contributed by atoms with Crippen molar-refractivity contribution in [1.29, 1.82) is 0 Å². The van der Waals surface area contributed by atoms with E-state index in [0.29, 0.717) is 12.5 Å². The molecule has 2 amide bonds. The number of aromatic nitrogens is 3. The summed E-state index contributed by atoms with van der Waals surface area (Å²) in [6.45, 7) is 2.05. The Kier molecular flexibility index (Phi) is 5.41. The van der Waals surface area contributed by atoms with Crippen LogP contribution < -0.4 is 10.1 Å². The first-order valence-corrected chi connectivity index (χ1v) is 9.70. The van der Waals surface area contributed by atoms with Gasteiger partial charge in [0.05, 0.1) is 7.11 Å². The Labute approximate surface area is 164 Å². The van der Waals surface area contributed by atoms with Gasteiger partial charge in [-0.05, 0) is 43.0 Å². The fourth-order valence-electron chi connectivity index (χ4n) is 3.80. The molecule has 2 aromatic heterocycles. The van der Waals surface area contributed by atoms with E-state index in [4.69, 9.17) is 4.74 Å². The van der Waals surface area contributed by atoms with Crippen molar-refractivity contribution in [3.05, 3.63) is 60.0 Å². The summed E-state index contributed by atoms with van der Waals surface area (Å²) in [7, 11) is 1.67. The molecule has 1 aromatic carbocycles. The van der Waals surface area contributed by atoms with E-state index >= 15 is 0 Å². The summed E-state index contributed by atoms with van der Waals surface area (Å²) in [6.07, 6.45) is 4.55. The average Bonchev–Trinajstić information content (AvgIpc) is 3.18. The molecule has 1 N–H and O–H groups in total. The van der Waals surface area contributed by atoms with E-state index in [0.717, 1.165) is 55.1 Å². The fourth-order valence-corrected chi connectivity index (χ4v) is 3.80. The smallest absolute Gasteiger partial charge is 0.317 e. The minimum Gasteiger partial charge on any atom is -0.496 e. The molecule has 28 heavy (non-hydrogen) atoms. The van der Waals surface area contributed by atoms with E-state index in [1.807, 2.05) is 58.0 Å². The molecular formula is C21H25N5O2. The Hall–Kier alpha value is -3.09. The third kappa shape index (κ3) is 3.78. The molecule has 4 rings (SSSR count). The van der Waals surface area contributed by atoms with Crippen molar-refractivity contribution < 1.29 is 9.53 Å². The third-order valence-corrected chi connectivity index (χ3v) is 5.35. The second-order valence-electron chi connectivity index (χ2n) is 7.04. The molecule has 7 heteroatoms. The van der Waals surface area contributed by atoms with Crippen LogP contribution in [0.4, 0.5) is 4.79 Å². The van der Waals surface area contributed by atoms with Crippen LogP contribution in [0.3, 0.4) is 0 Å². The van der Waals surface area contributed by atoms with Gasteiger partial charge in [0.1, 0.15) is 11.6 Å². The highest BCUT2D eigenvalue weighted by molar-refractivity contribution is 5.74. The van der Waals surface area contributed by atoms with Crippen LogP contribution >= 0.6 is 0 Å². The van der Waals surface area contributed by atoms with Crippen molar-refractivity contribution >= 4 is 11.7 Å². The number of carbonyl (C=O) groups excluding carboxylic acids is 1. The minimum absolute atomic E-state index is 0.000510. The lowest BCUT2D eigenvalue weighted by molar-refractivity contribution is 0.180. The van der Waals surface area contributed by atoms with Crippen molar-refractivity contribution in [2.75, 3.05) is 26.7 Å². The minimum atomic E-state index is -0.000510. The number of fused-ring (bicyclic) bond motifs is 1. The molecule has 1 fully saturated rings. The first-order chi connectivity index (χ1) is 13.8. The first-order valence-electron chi connectivity index (χ1n) is 9.70. The topological polar surface area (TPSA) is 71.8 Å². The largest absolute Gasteiger partial charge is 0.496 e. The maximum Gasteiger partial charge on any atom is 0.317 e. The molecule has 3 aromatic rings. The Morgan fingerprint density at radius 1 is 1.14 bits per heavy atom. The molecule has 0 aliphatic carbocycles. The number of pyridine rings is 1. The molecule has 1 aliphatic rings. The summed E-state index contributed by atoms with van der Waals surface area (Å²) in [5, 5.41) is 11.6. The number of amides is 2. The van der Waals surface area contributed by atoms with Gasteiger partial charge in [-0.2, -0.15) is 0 Å². The van der Waals surface area contributed by atoms with Crippen molar-refractivity contribution in [2.45, 2.75) is 25.2 Å². The number of rotatable bonds is 5. The van der Waals surface area contributed by atoms with Crippen LogP contribution in [0, 0.1) is 0 Å². The molecule has 7 nitrogen and oxygen atoms in total. The average molecular weight is 379 g/mol. The molecule has 0 atom stereocenters. The zero-order chi connectivity index (χ0) is 19.3. The van der Waals surface area contributed by atoms with E-state index in [-0.39, 0.29) is 6.03 Å². The molecule has 0 spiro atoms. The lowest BCUT2D eigenvalue weighted by Gasteiger charge is -2.31. The molecule has 0 radical (unpaired) electrons. The third-order valence-electron chi connectivity index (χ3n) is 5.35. The predicted octanol–water partition coefficient (Wildman–Crippen LogP) is 2.87. The number of hydrogen-bond donors (Lipinski definition) is 1. The number of urea groups is 1. The SMILES string of the molecule is COc1ccccc1CCNC(=O)N1CCC(c2nnc3ccccn23)CC1. The van der Waals surface area contributed by atoms with E-state index < -0.39 is 0 Å². The highest BCUT2D eigenvalue weighted by atomic mass is 16.5. The number of likely N-dealkylation sites (tertiary alicyclic amines) is 1. The van der Waals surface area contributed by atoms with E-state index in [1.165, 1.54) is 0 Å². The predicted molar refractivity (Wildman–Crippen MR) is 107 cm³/mol. The van der Waals surface area contributed by atoms with Gasteiger partial charge >= 0.3 is 6.03 Å². The van der Waals surface area contributed by atoms with Crippen molar-refractivity contribution in [3.8, 4) is 5.75 Å². The number of piperidine rings is 1. The van der Waals surface area contributed by atoms with Crippen molar-refractivity contribution in [1.82, 2.24) is 24.8 Å². The summed E-state index contributed by atoms with van der Waals surface area (Å²) < 4.78 is 7.41. The van der Waals surface area contributed by atoms with Crippen LogP contribution in [0.1, 0.15) is 30.1 Å². The molecule has 3 heterocycles. The standard InChI is InChI=1S/C21H25N5O2/c1-28-18-7-3-2-6-16(18)9-12-22-21(27)25-14-10-17(11-15-25)20-24-23-19-8-4-5-13-26(19)20/h2-8,13,17H,9-12,14-15H2,1H3,(H,22,27). The molecule has 1 saturated heterocycles. The van der Waals surface area contributed by atoms with E-state index in [2.05, 4.69) is 15.5 Å². The lowest BCUT2D eigenvalue weighted by atomic mass is 9.96. The molecule has 0 unspecified atom stereocenters. The van der Waals surface area contributed by atoms with Gasteiger partial charge in [0.25, 0.3) is 0 Å². The summed E-state index contributed by atoms with van der Waals surface area (Å²) in [5.41, 5.74) is 1.97. The van der Waals surface area contributed by atoms with E-state index in [9.17, 15) is 4.79 Å². The quantitative estimate of drug-likeness (QED) is 0.740. The lowest BCUT2D eigenvalue weighted by Crippen LogP contribution is -2.44. The molecule has 146 valence electrons. The van der Waals surface area contributed by atoms with Gasteiger partial charge in [0.15, 0.2) is 5.65 Å². The van der Waals surface area contributed by atoms with Crippen molar-refractivity contribution in [2.24, 2.45) is 0 Å². The van der Waals surface area contributed by atoms with Gasteiger partial charge in [0.2, 0.25) is 0 Å². The second kappa shape index (κ2) is 8.29. The van der Waals surface area contributed by atoms with Crippen LogP contribution in [0.2, 0.25) is 0 Å². The van der Waals surface area contributed by atoms with Crippen molar-refractivity contribution in [3.63, 3.8) is 0 Å². The van der Waals surface area contributed by atoms with Gasteiger partial charge in [-0.25, -0.2) is 4.79 Å². The number of nitrogens with zero attached hydrogens (tertiary/aromatic N) is 4. The summed E-state index contributed by atoms with van der Waals surface area (Å²) >= 11 is 0. The Balaban J connectivity index is 1.28. The van der Waals surface area contributed by atoms with Gasteiger partial charge in [-0.1, -0.05) is 24.3 Å². The van der Waals surface area contributed by atoms with Gasteiger partial charge < -0.3 is 15.0 Å². The maximum absolute atomic E-state index is 12.5. The highest BCUT2D eigenvalue weighted by Crippen LogP contribution is 2.27. The number of methoxy groups -OCH3 is 1. The monoisotopic (exact) mass is 379 g/mol. The first kappa shape index (κ1) is 18.3. The Morgan fingerprint density at radius 2 is 1.93 bits per heavy atom. The maximum atomic E-state index is 12.5. The Bertz CT molecular complexity index is 947. The van der Waals surface area contributed by atoms with Gasteiger partial charge in [0, 0.05) is 31.7 Å². The van der Waals surface area contributed by atoms with Crippen LogP contribution in [-0.4, -0.2) is 52.3 Å². The zero-order valence-corrected chi connectivity index (χ0v) is 16.0. The number of benzene rings is 1. The van der Waals surface area contributed by atoms with Crippen LogP contribution in [0.25, 0.3) is 5.65 Å². The van der Waals surface area contributed by atoms with Crippen LogP contribution in [-0.2, 0) is 6.42 Å². The number of ether oxygens (including phenoxy) is 1. The van der Waals surface area contributed by atoms with Crippen LogP contribution in [0.5, 0.6) is 5.75 Å². The molecule has 0 saturated carbocycles. The van der Waals surface area contributed by atoms with Gasteiger partial charge in [-0.3, -0.25) is 4.40 Å². The summed E-state index contributed by atoms with van der Waals surface area (Å²) in [5.74, 6) is 2.18. The summed E-state index contributed by atoms with van der Waals surface area (Å²) in [4.78, 5) is 14.4. The number of hydrogen-bond acceptors (Lipinski definition) is 4. The highest BCUT2D eigenvalue weighted by Gasteiger charge is 2.26. The zero-order valence-electron chi connectivity index (χ0n) is 16.0. The number of para-hydroxylation sites is 1. The Morgan fingerprint density at radius 3 is 2.75 bits per heavy atom. The van der Waals surface area contributed by atoms with Gasteiger partial charge in [-0.15, -0.1) is 10.2 Å². The number of nitrogens with one attached hydrogen (secondary N) is 1. The van der Waals surface area contributed by atoms with E-state index in [1.54, 1.807) is 7.11 Å². The fraction of sp³-hybridized carbons (Fsp3) is 0.381. The van der Waals surface area contributed by atoms with Crippen LogP contribution in [0.15, 0.2) is 48.7 Å². The summed E-state index contributed by atoms with van der Waals surface area (Å²) in [6, 6.07) is 13.8. The number of carbonyl (C=O) groups is 1. The molecule has 1 aliphatic heterocycles. The second-order valence-corrected chi connectivity index (χ2v) is 7.04. The molecule has 0 bridgehead atoms. The normalized spacial score (nSPS) is 15.0. The molecular weight excluding hydrogens is 354 g/mol.